The Bertz CT molecular complexity index is 930. The molecule has 0 aromatic carbocycles. The second kappa shape index (κ2) is 10.2. The van der Waals surface area contributed by atoms with E-state index in [-0.39, 0.29) is 23.7 Å². The summed E-state index contributed by atoms with van der Waals surface area (Å²) < 4.78 is 5.36. The van der Waals surface area contributed by atoms with E-state index in [4.69, 9.17) is 10.5 Å². The number of carbonyl (C=O) groups excluding carboxylic acids is 5. The van der Waals surface area contributed by atoms with E-state index in [1.165, 1.54) is 4.90 Å². The van der Waals surface area contributed by atoms with Crippen LogP contribution in [0.3, 0.4) is 0 Å². The predicted molar refractivity (Wildman–Crippen MR) is 134 cm³/mol. The number of ether oxygens (including phenoxy) is 1. The molecule has 1 aliphatic carbocycles. The number of hydrogen-bond acceptors (Lipinski definition) is 6. The number of nitrogens with zero attached hydrogens (tertiary/aromatic N) is 1. The molecule has 1 heterocycles. The molecule has 2 rings (SSSR count). The first-order valence-electron chi connectivity index (χ1n) is 12.4. The van der Waals surface area contributed by atoms with Gasteiger partial charge >= 0.3 is 6.09 Å². The minimum atomic E-state index is -1.14. The van der Waals surface area contributed by atoms with Gasteiger partial charge in [0.2, 0.25) is 17.6 Å². The second-order valence-corrected chi connectivity index (χ2v) is 12.5. The number of piperidine rings is 1. The summed E-state index contributed by atoms with van der Waals surface area (Å²) in [5, 5.41) is 5.35. The molecule has 1 saturated carbocycles. The number of ketones is 1. The quantitative estimate of drug-likeness (QED) is 0.321. The van der Waals surface area contributed by atoms with Gasteiger partial charge in [-0.15, -0.1) is 6.58 Å². The molecule has 1 unspecified atom stereocenters. The maximum atomic E-state index is 13.8. The molecule has 4 amide bonds. The van der Waals surface area contributed by atoms with Crippen LogP contribution in [0.15, 0.2) is 12.7 Å². The lowest BCUT2D eigenvalue weighted by Crippen LogP contribution is -2.60. The summed E-state index contributed by atoms with van der Waals surface area (Å²) in [5.74, 6) is -2.98. The van der Waals surface area contributed by atoms with Gasteiger partial charge in [0.25, 0.3) is 5.91 Å². The van der Waals surface area contributed by atoms with E-state index in [9.17, 15) is 24.0 Å². The minimum Gasteiger partial charge on any atom is -0.444 e. The molecular formula is C26H42N4O6. The number of nitrogens with two attached hydrogens (primary N) is 1. The molecule has 0 bridgehead atoms. The number of carbonyl (C=O) groups is 5. The van der Waals surface area contributed by atoms with Crippen molar-refractivity contribution < 1.29 is 28.7 Å². The number of Topliss-reactive ketones (excluding diaryl/α,β-unsaturated/α-hetero) is 1. The number of primary amides is 1. The van der Waals surface area contributed by atoms with E-state index < -0.39 is 58.7 Å². The lowest BCUT2D eigenvalue weighted by atomic mass is 9.85. The van der Waals surface area contributed by atoms with Crippen LogP contribution in [-0.2, 0) is 23.9 Å². The third-order valence-corrected chi connectivity index (χ3v) is 7.07. The van der Waals surface area contributed by atoms with Gasteiger partial charge in [-0.25, -0.2) is 4.79 Å². The van der Waals surface area contributed by atoms with Gasteiger partial charge < -0.3 is 26.0 Å². The Kier molecular flexibility index (Phi) is 8.32. The first-order valence-corrected chi connectivity index (χ1v) is 12.4. The SMILES string of the molecule is C=CCCC(NC(=O)[C@@H]1[C@@H]2[C@H](CN1C(=O)[C@@H](NC(=O)OC(C)(C)C)C(C)(C)C)C2(C)C)C(=O)C(N)=O. The van der Waals surface area contributed by atoms with Crippen molar-refractivity contribution in [2.45, 2.75) is 92.0 Å². The van der Waals surface area contributed by atoms with E-state index in [0.717, 1.165) is 0 Å². The Morgan fingerprint density at radius 2 is 1.69 bits per heavy atom. The van der Waals surface area contributed by atoms with Crippen LogP contribution in [0, 0.1) is 22.7 Å². The summed E-state index contributed by atoms with van der Waals surface area (Å²) in [6.45, 7) is 18.7. The van der Waals surface area contributed by atoms with E-state index in [0.29, 0.717) is 13.0 Å². The molecule has 2 fully saturated rings. The highest BCUT2D eigenvalue weighted by Gasteiger charge is 2.69. The zero-order chi connectivity index (χ0) is 27.8. The zero-order valence-electron chi connectivity index (χ0n) is 22.8. The van der Waals surface area contributed by atoms with Crippen LogP contribution >= 0.6 is 0 Å². The van der Waals surface area contributed by atoms with Crippen molar-refractivity contribution in [2.24, 2.45) is 28.4 Å². The molecule has 4 N–H and O–H groups in total. The van der Waals surface area contributed by atoms with Gasteiger partial charge in [-0.3, -0.25) is 19.2 Å². The first-order chi connectivity index (χ1) is 16.3. The van der Waals surface area contributed by atoms with E-state index in [1.807, 2.05) is 34.6 Å². The van der Waals surface area contributed by atoms with Gasteiger partial charge in [-0.1, -0.05) is 40.7 Å². The van der Waals surface area contributed by atoms with Gasteiger partial charge in [0.15, 0.2) is 0 Å². The van der Waals surface area contributed by atoms with E-state index in [2.05, 4.69) is 17.2 Å². The fourth-order valence-corrected chi connectivity index (χ4v) is 5.04. The van der Waals surface area contributed by atoms with Crippen molar-refractivity contribution in [1.82, 2.24) is 15.5 Å². The second-order valence-electron chi connectivity index (χ2n) is 12.5. The summed E-state index contributed by atoms with van der Waals surface area (Å²) in [4.78, 5) is 65.2. The van der Waals surface area contributed by atoms with Crippen molar-refractivity contribution in [1.29, 1.82) is 0 Å². The van der Waals surface area contributed by atoms with Gasteiger partial charge in [-0.2, -0.15) is 0 Å². The number of nitrogens with one attached hydrogen (secondary N) is 2. The number of allylic oxidation sites excluding steroid dienone is 1. The number of fused-ring (bicyclic) bond motifs is 1. The van der Waals surface area contributed by atoms with Gasteiger partial charge in [-0.05, 0) is 56.3 Å². The highest BCUT2D eigenvalue weighted by atomic mass is 16.6. The summed E-state index contributed by atoms with van der Waals surface area (Å²) in [6, 6.07) is -2.91. The van der Waals surface area contributed by atoms with Crippen LogP contribution in [0.4, 0.5) is 4.79 Å². The lowest BCUT2D eigenvalue weighted by Gasteiger charge is -2.38. The maximum Gasteiger partial charge on any atom is 0.408 e. The topological polar surface area (TPSA) is 148 Å². The highest BCUT2D eigenvalue weighted by molar-refractivity contribution is 6.37. The molecule has 10 nitrogen and oxygen atoms in total. The Balaban J connectivity index is 2.32. The van der Waals surface area contributed by atoms with Gasteiger partial charge in [0.05, 0.1) is 6.04 Å². The van der Waals surface area contributed by atoms with E-state index in [1.54, 1.807) is 26.8 Å². The number of alkyl carbamates (subject to hydrolysis) is 1. The average Bonchev–Trinajstić information content (AvgIpc) is 3.07. The number of amides is 4. The van der Waals surface area contributed by atoms with Crippen molar-refractivity contribution in [3.05, 3.63) is 12.7 Å². The number of rotatable bonds is 9. The van der Waals surface area contributed by atoms with Crippen LogP contribution < -0.4 is 16.4 Å². The van der Waals surface area contributed by atoms with Crippen molar-refractivity contribution in [3.8, 4) is 0 Å². The summed E-state index contributed by atoms with van der Waals surface area (Å²) >= 11 is 0. The molecule has 1 aliphatic heterocycles. The molecule has 202 valence electrons. The molecule has 1 saturated heterocycles. The monoisotopic (exact) mass is 506 g/mol. The molecule has 0 aromatic rings. The maximum absolute atomic E-state index is 13.8. The summed E-state index contributed by atoms with van der Waals surface area (Å²) in [7, 11) is 0. The zero-order valence-corrected chi connectivity index (χ0v) is 22.8. The Labute approximate surface area is 213 Å². The predicted octanol–water partition coefficient (Wildman–Crippen LogP) is 1.91. The molecule has 0 aromatic heterocycles. The van der Waals surface area contributed by atoms with Crippen LogP contribution in [0.1, 0.15) is 68.2 Å². The molecule has 5 atom stereocenters. The van der Waals surface area contributed by atoms with E-state index >= 15 is 0 Å². The fraction of sp³-hybridized carbons (Fsp3) is 0.731. The molecule has 10 heteroatoms. The molecule has 2 aliphatic rings. The minimum absolute atomic E-state index is 0.0952. The Hall–Kier alpha value is -2.91. The van der Waals surface area contributed by atoms with Crippen LogP contribution in [0.5, 0.6) is 0 Å². The Morgan fingerprint density at radius 1 is 1.11 bits per heavy atom. The molecule has 36 heavy (non-hydrogen) atoms. The van der Waals surface area contributed by atoms with Gasteiger partial charge in [0, 0.05) is 6.54 Å². The van der Waals surface area contributed by atoms with Crippen LogP contribution in [0.25, 0.3) is 0 Å². The molecule has 0 spiro atoms. The normalized spacial score (nSPS) is 24.1. The van der Waals surface area contributed by atoms with Crippen molar-refractivity contribution in [2.75, 3.05) is 6.54 Å². The van der Waals surface area contributed by atoms with Gasteiger partial charge in [0.1, 0.15) is 17.7 Å². The standard InChI is InChI=1S/C26H42N4O6/c1-10-11-12-15(18(31)20(27)32)28-21(33)17-16-14(26(16,8)9)13-30(17)22(34)19(24(2,3)4)29-23(35)36-25(5,6)7/h10,14-17,19H,1,11-13H2,2-9H3,(H2,27,32)(H,28,33)(H,29,35)/t14-,15?,16-,17-,19+/m0/s1. The fourth-order valence-electron chi connectivity index (χ4n) is 5.04. The lowest BCUT2D eigenvalue weighted by molar-refractivity contribution is -0.145. The number of likely N-dealkylation sites (tertiary alicyclic amines) is 1. The summed E-state index contributed by atoms with van der Waals surface area (Å²) in [5.41, 5.74) is 3.60. The molecule has 0 radical (unpaired) electrons. The average molecular weight is 507 g/mol. The number of hydrogen-bond donors (Lipinski definition) is 3. The molecular weight excluding hydrogens is 464 g/mol. The smallest absolute Gasteiger partial charge is 0.408 e. The van der Waals surface area contributed by atoms with Crippen molar-refractivity contribution >= 4 is 29.6 Å². The third kappa shape index (κ3) is 6.44. The largest absolute Gasteiger partial charge is 0.444 e. The van der Waals surface area contributed by atoms with Crippen molar-refractivity contribution in [3.63, 3.8) is 0 Å². The summed E-state index contributed by atoms with van der Waals surface area (Å²) in [6.07, 6.45) is 1.41. The first kappa shape index (κ1) is 29.3. The highest BCUT2D eigenvalue weighted by Crippen LogP contribution is 2.65. The van der Waals surface area contributed by atoms with Crippen LogP contribution in [0.2, 0.25) is 0 Å². The Morgan fingerprint density at radius 3 is 2.17 bits per heavy atom. The van der Waals surface area contributed by atoms with Crippen LogP contribution in [-0.4, -0.2) is 64.8 Å². The third-order valence-electron chi connectivity index (χ3n) is 7.07.